The molecule has 31 heavy (non-hydrogen) atoms. The van der Waals surface area contributed by atoms with Gasteiger partial charge in [-0.2, -0.15) is 5.10 Å². The Morgan fingerprint density at radius 2 is 1.16 bits per heavy atom. The van der Waals surface area contributed by atoms with E-state index < -0.39 is 0 Å². The van der Waals surface area contributed by atoms with Gasteiger partial charge in [-0.25, -0.2) is 14.5 Å². The van der Waals surface area contributed by atoms with Crippen LogP contribution in [0, 0.1) is 0 Å². The van der Waals surface area contributed by atoms with Crippen molar-refractivity contribution < 1.29 is 0 Å². The molecule has 0 N–H and O–H groups in total. The molecule has 0 radical (unpaired) electrons. The molecule has 6 aromatic rings. The van der Waals surface area contributed by atoms with Crippen LogP contribution in [0.2, 0.25) is 0 Å². The first-order valence-electron chi connectivity index (χ1n) is 10.2. The van der Waals surface area contributed by atoms with Crippen LogP contribution in [0.15, 0.2) is 109 Å². The van der Waals surface area contributed by atoms with Crippen LogP contribution in [0.5, 0.6) is 0 Å². The Kier molecular flexibility index (Phi) is 4.06. The molecule has 0 unspecified atom stereocenters. The van der Waals surface area contributed by atoms with Gasteiger partial charge in [0, 0.05) is 22.7 Å². The van der Waals surface area contributed by atoms with E-state index in [1.165, 1.54) is 5.39 Å². The topological polar surface area (TPSA) is 43.1 Å². The zero-order chi connectivity index (χ0) is 20.6. The van der Waals surface area contributed by atoms with E-state index in [9.17, 15) is 0 Å². The number of nitrogens with zero attached hydrogens (tertiary/aromatic N) is 4. The van der Waals surface area contributed by atoms with Gasteiger partial charge in [0.25, 0.3) is 0 Å². The molecule has 4 heteroatoms. The Balaban J connectivity index is 1.56. The van der Waals surface area contributed by atoms with Gasteiger partial charge in [0.05, 0.1) is 16.9 Å². The standard InChI is InChI=1S/C27H18N4/c1-3-9-19(10-4-1)24-17-25(29-27(28-24)20-11-5-2-6-12-20)26-16-23-15-21-13-7-8-14-22(21)18-31(23)30-26/h1-18H. The van der Waals surface area contributed by atoms with Crippen molar-refractivity contribution >= 4 is 16.3 Å². The van der Waals surface area contributed by atoms with Crippen LogP contribution < -0.4 is 0 Å². The smallest absolute Gasteiger partial charge is 0.160 e. The van der Waals surface area contributed by atoms with E-state index in [1.807, 2.05) is 65.2 Å². The van der Waals surface area contributed by atoms with Gasteiger partial charge in [-0.3, -0.25) is 0 Å². The van der Waals surface area contributed by atoms with Crippen molar-refractivity contribution in [3.05, 3.63) is 109 Å². The number of hydrogen-bond donors (Lipinski definition) is 0. The molecule has 0 bridgehead atoms. The van der Waals surface area contributed by atoms with Gasteiger partial charge in [0.1, 0.15) is 5.69 Å². The monoisotopic (exact) mass is 398 g/mol. The summed E-state index contributed by atoms with van der Waals surface area (Å²) in [5, 5.41) is 7.18. The largest absolute Gasteiger partial charge is 0.240 e. The molecule has 3 heterocycles. The van der Waals surface area contributed by atoms with Crippen LogP contribution in [0.3, 0.4) is 0 Å². The van der Waals surface area contributed by atoms with Crippen LogP contribution >= 0.6 is 0 Å². The third-order valence-corrected chi connectivity index (χ3v) is 5.42. The first-order chi connectivity index (χ1) is 15.3. The molecule has 0 amide bonds. The summed E-state index contributed by atoms with van der Waals surface area (Å²) in [6.45, 7) is 0. The lowest BCUT2D eigenvalue weighted by Crippen LogP contribution is -1.96. The van der Waals surface area contributed by atoms with Gasteiger partial charge >= 0.3 is 0 Å². The fourth-order valence-corrected chi connectivity index (χ4v) is 3.85. The Bertz CT molecular complexity index is 1410. The van der Waals surface area contributed by atoms with E-state index in [1.54, 1.807) is 0 Å². The summed E-state index contributed by atoms with van der Waals surface area (Å²) >= 11 is 0. The summed E-state index contributed by atoms with van der Waals surface area (Å²) in [7, 11) is 0. The van der Waals surface area contributed by atoms with Gasteiger partial charge in [-0.15, -0.1) is 0 Å². The Labute approximate surface area is 179 Å². The second-order valence-corrected chi connectivity index (χ2v) is 7.50. The summed E-state index contributed by atoms with van der Waals surface area (Å²) in [5.41, 5.74) is 5.59. The lowest BCUT2D eigenvalue weighted by molar-refractivity contribution is 0.969. The van der Waals surface area contributed by atoms with E-state index in [2.05, 4.69) is 48.7 Å². The van der Waals surface area contributed by atoms with Crippen molar-refractivity contribution in [2.24, 2.45) is 0 Å². The van der Waals surface area contributed by atoms with Crippen LogP contribution in [0.25, 0.3) is 50.3 Å². The van der Waals surface area contributed by atoms with Crippen molar-refractivity contribution in [1.82, 2.24) is 19.6 Å². The molecular weight excluding hydrogens is 380 g/mol. The average Bonchev–Trinajstić information content (AvgIpc) is 3.26. The van der Waals surface area contributed by atoms with Crippen molar-refractivity contribution in [2.75, 3.05) is 0 Å². The Hall–Kier alpha value is -4.31. The van der Waals surface area contributed by atoms with Crippen LogP contribution in [-0.2, 0) is 0 Å². The highest BCUT2D eigenvalue weighted by Crippen LogP contribution is 2.28. The third-order valence-electron chi connectivity index (χ3n) is 5.42. The minimum atomic E-state index is 0.694. The quantitative estimate of drug-likeness (QED) is 0.352. The molecule has 0 aliphatic heterocycles. The number of hydrogen-bond acceptors (Lipinski definition) is 3. The molecule has 0 saturated carbocycles. The second kappa shape index (κ2) is 7.18. The maximum absolute atomic E-state index is 4.88. The molecule has 3 aromatic carbocycles. The predicted molar refractivity (Wildman–Crippen MR) is 125 cm³/mol. The number of aromatic nitrogens is 4. The zero-order valence-electron chi connectivity index (χ0n) is 16.7. The summed E-state index contributed by atoms with van der Waals surface area (Å²) < 4.78 is 1.92. The van der Waals surface area contributed by atoms with Crippen molar-refractivity contribution in [2.45, 2.75) is 0 Å². The van der Waals surface area contributed by atoms with Crippen molar-refractivity contribution in [1.29, 1.82) is 0 Å². The van der Waals surface area contributed by atoms with E-state index in [0.717, 1.165) is 39.1 Å². The number of fused-ring (bicyclic) bond motifs is 2. The molecule has 0 fully saturated rings. The van der Waals surface area contributed by atoms with Gasteiger partial charge in [0.15, 0.2) is 5.82 Å². The molecule has 3 aromatic heterocycles. The summed E-state index contributed by atoms with van der Waals surface area (Å²) in [6.07, 6.45) is 2.06. The lowest BCUT2D eigenvalue weighted by atomic mass is 10.1. The number of pyridine rings is 1. The molecule has 0 saturated heterocycles. The molecule has 0 atom stereocenters. The predicted octanol–water partition coefficient (Wildman–Crippen LogP) is 6.28. The number of rotatable bonds is 3. The van der Waals surface area contributed by atoms with E-state index in [0.29, 0.717) is 5.82 Å². The molecule has 0 aliphatic rings. The molecule has 0 aliphatic carbocycles. The summed E-state index contributed by atoms with van der Waals surface area (Å²) in [5.74, 6) is 0.694. The molecule has 146 valence electrons. The number of benzene rings is 3. The van der Waals surface area contributed by atoms with Gasteiger partial charge in [-0.1, -0.05) is 84.9 Å². The molecule has 6 rings (SSSR count). The zero-order valence-corrected chi connectivity index (χ0v) is 16.7. The fraction of sp³-hybridized carbons (Fsp3) is 0. The van der Waals surface area contributed by atoms with Crippen molar-refractivity contribution in [3.63, 3.8) is 0 Å². The van der Waals surface area contributed by atoms with E-state index in [-0.39, 0.29) is 0 Å². The van der Waals surface area contributed by atoms with Gasteiger partial charge in [-0.05, 0) is 23.6 Å². The maximum Gasteiger partial charge on any atom is 0.160 e. The minimum Gasteiger partial charge on any atom is -0.240 e. The maximum atomic E-state index is 4.88. The highest BCUT2D eigenvalue weighted by Gasteiger charge is 2.13. The second-order valence-electron chi connectivity index (χ2n) is 7.50. The first kappa shape index (κ1) is 17.5. The Morgan fingerprint density at radius 1 is 0.516 bits per heavy atom. The average molecular weight is 398 g/mol. The third kappa shape index (κ3) is 3.24. The van der Waals surface area contributed by atoms with Crippen LogP contribution in [0.4, 0.5) is 0 Å². The van der Waals surface area contributed by atoms with Gasteiger partial charge < -0.3 is 0 Å². The van der Waals surface area contributed by atoms with Crippen LogP contribution in [0.1, 0.15) is 0 Å². The lowest BCUT2D eigenvalue weighted by Gasteiger charge is -2.07. The Morgan fingerprint density at radius 3 is 1.94 bits per heavy atom. The summed E-state index contributed by atoms with van der Waals surface area (Å²) in [4.78, 5) is 9.73. The van der Waals surface area contributed by atoms with Crippen molar-refractivity contribution in [3.8, 4) is 34.0 Å². The minimum absolute atomic E-state index is 0.694. The summed E-state index contributed by atoms with van der Waals surface area (Å²) in [6, 6.07) is 34.8. The highest BCUT2D eigenvalue weighted by atomic mass is 15.2. The van der Waals surface area contributed by atoms with Gasteiger partial charge in [0.2, 0.25) is 0 Å². The SMILES string of the molecule is c1ccc(-c2cc(-c3cc4cc5ccccc5cn4n3)nc(-c3ccccc3)n2)cc1. The molecular formula is C27H18N4. The van der Waals surface area contributed by atoms with E-state index >= 15 is 0 Å². The highest BCUT2D eigenvalue weighted by molar-refractivity contribution is 5.86. The fourth-order valence-electron chi connectivity index (χ4n) is 3.85. The molecule has 0 spiro atoms. The molecule has 4 nitrogen and oxygen atoms in total. The first-order valence-corrected chi connectivity index (χ1v) is 10.2. The normalized spacial score (nSPS) is 11.2. The van der Waals surface area contributed by atoms with E-state index in [4.69, 9.17) is 15.1 Å². The van der Waals surface area contributed by atoms with Crippen LogP contribution in [-0.4, -0.2) is 19.6 Å².